The molecule has 2 atom stereocenters. The van der Waals surface area contributed by atoms with Crippen LogP contribution in [0.2, 0.25) is 0 Å². The van der Waals surface area contributed by atoms with Crippen molar-refractivity contribution >= 4 is 11.9 Å². The molecule has 0 aromatic rings. The number of carboxylic acid groups (broad SMARTS) is 2. The second-order valence-electron chi connectivity index (χ2n) is 5.82. The monoisotopic (exact) mass is 454 g/mol. The van der Waals surface area contributed by atoms with E-state index < -0.39 is 48.5 Å². The summed E-state index contributed by atoms with van der Waals surface area (Å²) in [5.74, 6) is -11.0. The molecule has 0 aliphatic rings. The van der Waals surface area contributed by atoms with Gasteiger partial charge in [0.25, 0.3) is 0 Å². The minimum absolute atomic E-state index is 0.00398. The van der Waals surface area contributed by atoms with E-state index in [9.17, 15) is 19.8 Å². The first-order valence-electron chi connectivity index (χ1n) is 9.68. The van der Waals surface area contributed by atoms with E-state index in [1.807, 2.05) is 0 Å². The lowest BCUT2D eigenvalue weighted by atomic mass is 10.1. The van der Waals surface area contributed by atoms with Gasteiger partial charge in [0.05, 0.1) is 0 Å². The van der Waals surface area contributed by atoms with Gasteiger partial charge < -0.3 is 38.6 Å². The fraction of sp³-hybridized carbons (Fsp3) is 0.789. The van der Waals surface area contributed by atoms with Crippen molar-refractivity contribution in [1.82, 2.24) is 0 Å². The first kappa shape index (κ1) is 29.4. The predicted octanol–water partition coefficient (Wildman–Crippen LogP) is 1.19. The second-order valence-corrected chi connectivity index (χ2v) is 5.82. The molecule has 0 aromatic carbocycles. The van der Waals surface area contributed by atoms with Crippen LogP contribution >= 0.6 is 0 Å². The van der Waals surface area contributed by atoms with Crippen LogP contribution in [-0.2, 0) is 47.5 Å². The van der Waals surface area contributed by atoms with Gasteiger partial charge in [-0.25, -0.2) is 9.59 Å². The quantitative estimate of drug-likeness (QED) is 0.213. The molecule has 0 heterocycles. The van der Waals surface area contributed by atoms with Gasteiger partial charge in [-0.1, -0.05) is 6.58 Å². The molecule has 0 aliphatic heterocycles. The SMILES string of the molecule is C=C(C(=O)O)C(OC(COCC)(OC)OCC)(OC(COCC)(OC)OCC)C(=O)O. The zero-order chi connectivity index (χ0) is 24.1. The lowest BCUT2D eigenvalue weighted by Gasteiger charge is -2.43. The Labute approximate surface area is 181 Å². The van der Waals surface area contributed by atoms with Gasteiger partial charge in [-0.3, -0.25) is 9.47 Å². The van der Waals surface area contributed by atoms with Gasteiger partial charge in [-0.2, -0.15) is 0 Å². The van der Waals surface area contributed by atoms with Gasteiger partial charge in [-0.05, 0) is 27.7 Å². The van der Waals surface area contributed by atoms with Crippen molar-refractivity contribution < 1.29 is 57.7 Å². The highest BCUT2D eigenvalue weighted by Gasteiger charge is 2.59. The summed E-state index contributed by atoms with van der Waals surface area (Å²) in [5, 5.41) is 19.6. The van der Waals surface area contributed by atoms with E-state index in [-0.39, 0.29) is 26.4 Å². The van der Waals surface area contributed by atoms with Crippen molar-refractivity contribution in [2.45, 2.75) is 45.4 Å². The van der Waals surface area contributed by atoms with E-state index in [0.29, 0.717) is 0 Å². The Morgan fingerprint density at radius 1 is 0.774 bits per heavy atom. The summed E-state index contributed by atoms with van der Waals surface area (Å²) in [6, 6.07) is 0. The van der Waals surface area contributed by atoms with Gasteiger partial charge in [-0.15, -0.1) is 0 Å². The summed E-state index contributed by atoms with van der Waals surface area (Å²) in [6.45, 7) is 9.43. The van der Waals surface area contributed by atoms with Gasteiger partial charge in [0.2, 0.25) is 0 Å². The molecule has 2 unspecified atom stereocenters. The molecule has 12 heteroatoms. The molecular formula is C19H34O12. The number of hydrogen-bond donors (Lipinski definition) is 2. The third kappa shape index (κ3) is 7.77. The van der Waals surface area contributed by atoms with Crippen molar-refractivity contribution in [2.24, 2.45) is 0 Å². The van der Waals surface area contributed by atoms with Gasteiger partial charge in [0.1, 0.15) is 18.8 Å². The van der Waals surface area contributed by atoms with Crippen LogP contribution in [0, 0.1) is 0 Å². The summed E-state index contributed by atoms with van der Waals surface area (Å²) in [4.78, 5) is 24.2. The van der Waals surface area contributed by atoms with Crippen LogP contribution in [0.25, 0.3) is 0 Å². The summed E-state index contributed by atoms with van der Waals surface area (Å²) < 4.78 is 43.2. The Balaban J connectivity index is 6.64. The summed E-state index contributed by atoms with van der Waals surface area (Å²) in [5.41, 5.74) is -1.00. The minimum Gasteiger partial charge on any atom is -0.478 e. The first-order valence-corrected chi connectivity index (χ1v) is 9.68. The maximum absolute atomic E-state index is 12.4. The van der Waals surface area contributed by atoms with E-state index in [1.54, 1.807) is 27.7 Å². The predicted molar refractivity (Wildman–Crippen MR) is 105 cm³/mol. The summed E-state index contributed by atoms with van der Waals surface area (Å²) in [7, 11) is 2.33. The number of hydrogen-bond acceptors (Lipinski definition) is 10. The van der Waals surface area contributed by atoms with Crippen LogP contribution in [0.3, 0.4) is 0 Å². The molecule has 2 N–H and O–H groups in total. The summed E-state index contributed by atoms with van der Waals surface area (Å²) in [6.07, 6.45) is 0. The molecule has 0 saturated carbocycles. The lowest BCUT2D eigenvalue weighted by Crippen LogP contribution is -2.62. The van der Waals surface area contributed by atoms with Crippen LogP contribution in [0.15, 0.2) is 12.2 Å². The molecular weight excluding hydrogens is 420 g/mol. The van der Waals surface area contributed by atoms with E-state index in [4.69, 9.17) is 37.9 Å². The minimum atomic E-state index is -3.09. The molecule has 0 rings (SSSR count). The van der Waals surface area contributed by atoms with Gasteiger partial charge >= 0.3 is 29.7 Å². The molecule has 0 spiro atoms. The normalized spacial score (nSPS) is 17.4. The number of methoxy groups -OCH3 is 2. The van der Waals surface area contributed by atoms with E-state index in [1.165, 1.54) is 0 Å². The second kappa shape index (κ2) is 13.7. The molecule has 0 saturated heterocycles. The van der Waals surface area contributed by atoms with Crippen molar-refractivity contribution in [3.8, 4) is 0 Å². The number of aliphatic carboxylic acids is 2. The highest BCUT2D eigenvalue weighted by molar-refractivity contribution is 5.97. The van der Waals surface area contributed by atoms with Gasteiger partial charge in [0, 0.05) is 40.6 Å². The van der Waals surface area contributed by atoms with Crippen molar-refractivity contribution in [2.75, 3.05) is 53.9 Å². The maximum Gasteiger partial charge on any atom is 0.370 e. The molecule has 0 fully saturated rings. The zero-order valence-electron chi connectivity index (χ0n) is 18.9. The Morgan fingerprint density at radius 2 is 1.16 bits per heavy atom. The fourth-order valence-corrected chi connectivity index (χ4v) is 2.35. The fourth-order valence-electron chi connectivity index (χ4n) is 2.35. The highest BCUT2D eigenvalue weighted by Crippen LogP contribution is 2.36. The molecule has 0 radical (unpaired) electrons. The Hall–Kier alpha value is -1.64. The van der Waals surface area contributed by atoms with Crippen LogP contribution in [0.5, 0.6) is 0 Å². The van der Waals surface area contributed by atoms with Crippen LogP contribution in [0.4, 0.5) is 0 Å². The lowest BCUT2D eigenvalue weighted by molar-refractivity contribution is -0.488. The Kier molecular flexibility index (Phi) is 13.0. The van der Waals surface area contributed by atoms with E-state index in [2.05, 4.69) is 6.58 Å². The molecule has 182 valence electrons. The molecule has 0 bridgehead atoms. The number of carbonyl (C=O) groups is 2. The third-order valence-corrected chi connectivity index (χ3v) is 3.85. The van der Waals surface area contributed by atoms with Gasteiger partial charge in [0.15, 0.2) is 0 Å². The zero-order valence-corrected chi connectivity index (χ0v) is 18.9. The molecule has 31 heavy (non-hydrogen) atoms. The van der Waals surface area contributed by atoms with Crippen molar-refractivity contribution in [1.29, 1.82) is 0 Å². The van der Waals surface area contributed by atoms with E-state index in [0.717, 1.165) is 14.2 Å². The maximum atomic E-state index is 12.4. The number of rotatable bonds is 19. The Bertz CT molecular complexity index is 552. The average molecular weight is 454 g/mol. The van der Waals surface area contributed by atoms with Crippen molar-refractivity contribution in [3.63, 3.8) is 0 Å². The van der Waals surface area contributed by atoms with Crippen LogP contribution < -0.4 is 0 Å². The molecule has 0 amide bonds. The van der Waals surface area contributed by atoms with E-state index >= 15 is 0 Å². The molecule has 12 nitrogen and oxygen atoms in total. The van der Waals surface area contributed by atoms with Crippen molar-refractivity contribution in [3.05, 3.63) is 12.2 Å². The number of ether oxygens (including phenoxy) is 8. The van der Waals surface area contributed by atoms with Crippen LogP contribution in [-0.4, -0.2) is 93.7 Å². The smallest absolute Gasteiger partial charge is 0.370 e. The van der Waals surface area contributed by atoms with Crippen LogP contribution in [0.1, 0.15) is 27.7 Å². The third-order valence-electron chi connectivity index (χ3n) is 3.85. The first-order chi connectivity index (χ1) is 14.6. The highest BCUT2D eigenvalue weighted by atomic mass is 17.0. The summed E-state index contributed by atoms with van der Waals surface area (Å²) >= 11 is 0. The topological polar surface area (TPSA) is 148 Å². The Morgan fingerprint density at radius 3 is 1.39 bits per heavy atom. The largest absolute Gasteiger partial charge is 0.478 e. The average Bonchev–Trinajstić information content (AvgIpc) is 2.74. The molecule has 0 aliphatic carbocycles. The standard InChI is InChI=1S/C19H34O12/c1-8-26-12-17(24-6,28-10-3)30-19(16(22)23,14(5)15(20)21)31-18(25-7,29-11-4)13-27-9-2/h5,8-13H2,1-4,6-7H3,(H,20,21)(H,22,23). The molecule has 0 aromatic heterocycles. The number of carboxylic acids is 2.